The van der Waals surface area contributed by atoms with E-state index in [0.29, 0.717) is 0 Å². The molecule has 23 heavy (non-hydrogen) atoms. The van der Waals surface area contributed by atoms with E-state index in [1.54, 1.807) is 0 Å². The van der Waals surface area contributed by atoms with Gasteiger partial charge in [-0.1, -0.05) is 41.1 Å². The monoisotopic (exact) mass is 398 g/mol. The van der Waals surface area contributed by atoms with Gasteiger partial charge < -0.3 is 12.3 Å². The van der Waals surface area contributed by atoms with Crippen LogP contribution < -0.4 is 0 Å². The SMILES string of the molecule is C.C.C.C.C=C[Si](C)(C)O[Si](C)(C)O[Si](C)(C)O[Si](C)(C)C=C. The Morgan fingerprint density at radius 2 is 0.739 bits per heavy atom. The maximum atomic E-state index is 6.31. The first-order valence-corrected chi connectivity index (χ1v) is 18.2. The van der Waals surface area contributed by atoms with Gasteiger partial charge >= 0.3 is 17.1 Å². The highest BCUT2D eigenvalue weighted by Gasteiger charge is 2.42. The molecule has 0 aliphatic rings. The van der Waals surface area contributed by atoms with Crippen molar-refractivity contribution in [1.29, 1.82) is 0 Å². The van der Waals surface area contributed by atoms with E-state index in [0.717, 1.165) is 0 Å². The van der Waals surface area contributed by atoms with Crippen molar-refractivity contribution >= 4 is 33.8 Å². The molecule has 0 saturated carbocycles. The van der Waals surface area contributed by atoms with Crippen LogP contribution in [0.1, 0.15) is 29.7 Å². The summed E-state index contributed by atoms with van der Waals surface area (Å²) < 4.78 is 18.8. The second-order valence-electron chi connectivity index (χ2n) is 6.72. The van der Waals surface area contributed by atoms with Crippen molar-refractivity contribution < 1.29 is 12.3 Å². The fourth-order valence-corrected chi connectivity index (χ4v) is 18.6. The minimum Gasteiger partial charge on any atom is -0.433 e. The van der Waals surface area contributed by atoms with E-state index in [1.807, 2.05) is 11.4 Å². The quantitative estimate of drug-likeness (QED) is 0.418. The summed E-state index contributed by atoms with van der Waals surface area (Å²) in [4.78, 5) is 0. The molecule has 0 aromatic carbocycles. The first kappa shape index (κ1) is 34.5. The molecule has 144 valence electrons. The van der Waals surface area contributed by atoms with Gasteiger partial charge in [-0.2, -0.15) is 0 Å². The zero-order chi connectivity index (χ0) is 15.5. The van der Waals surface area contributed by atoms with Gasteiger partial charge in [0.05, 0.1) is 0 Å². The minimum absolute atomic E-state index is 0. The summed E-state index contributed by atoms with van der Waals surface area (Å²) in [6.07, 6.45) is 0. The number of rotatable bonds is 8. The molecule has 0 heterocycles. The lowest BCUT2D eigenvalue weighted by atomic mass is 11.3. The highest BCUT2D eigenvalue weighted by atomic mass is 28.5. The van der Waals surface area contributed by atoms with Gasteiger partial charge in [0.2, 0.25) is 0 Å². The fraction of sp³-hybridized carbons (Fsp3) is 0.750. The van der Waals surface area contributed by atoms with Crippen LogP contribution in [0.5, 0.6) is 0 Å². The molecule has 0 unspecified atom stereocenters. The van der Waals surface area contributed by atoms with E-state index in [4.69, 9.17) is 12.3 Å². The Hall–Kier alpha value is 0.228. The molecular weight excluding hydrogens is 353 g/mol. The molecule has 0 aromatic heterocycles. The van der Waals surface area contributed by atoms with Crippen LogP contribution in [0.2, 0.25) is 52.4 Å². The van der Waals surface area contributed by atoms with Gasteiger partial charge in [0, 0.05) is 0 Å². The zero-order valence-electron chi connectivity index (χ0n) is 13.8. The maximum absolute atomic E-state index is 6.31. The van der Waals surface area contributed by atoms with Crippen LogP contribution in [-0.2, 0) is 12.3 Å². The molecule has 0 fully saturated rings. The Kier molecular flexibility index (Phi) is 17.6. The Bertz CT molecular complexity index is 308. The van der Waals surface area contributed by atoms with Crippen molar-refractivity contribution in [3.05, 3.63) is 24.6 Å². The molecule has 0 bridgehead atoms. The van der Waals surface area contributed by atoms with Gasteiger partial charge in [-0.3, -0.25) is 0 Å². The molecule has 0 N–H and O–H groups in total. The van der Waals surface area contributed by atoms with Gasteiger partial charge in [-0.15, -0.1) is 13.2 Å². The third kappa shape index (κ3) is 15.5. The predicted molar refractivity (Wildman–Crippen MR) is 121 cm³/mol. The molecular formula is C16H46O3Si4. The molecule has 0 amide bonds. The lowest BCUT2D eigenvalue weighted by Crippen LogP contribution is -2.55. The van der Waals surface area contributed by atoms with Gasteiger partial charge in [0.15, 0.2) is 16.6 Å². The number of hydrogen-bond acceptors (Lipinski definition) is 3. The highest BCUT2D eigenvalue weighted by Crippen LogP contribution is 2.24. The highest BCUT2D eigenvalue weighted by molar-refractivity contribution is 6.91. The standard InChI is InChI=1S/C12H30O3Si4.4CH4/c1-11-16(3,4)13-18(7,8)15-19(9,10)14-17(5,6)12-2;;;;/h11-12H,1-2H2,3-10H3;4*1H4. The summed E-state index contributed by atoms with van der Waals surface area (Å²) in [6, 6.07) is 0. The lowest BCUT2D eigenvalue weighted by molar-refractivity contribution is 0.333. The summed E-state index contributed by atoms with van der Waals surface area (Å²) in [5.41, 5.74) is 3.89. The topological polar surface area (TPSA) is 27.7 Å². The van der Waals surface area contributed by atoms with Crippen molar-refractivity contribution in [1.82, 2.24) is 0 Å². The molecule has 0 aromatic rings. The smallest absolute Gasteiger partial charge is 0.312 e. The van der Waals surface area contributed by atoms with Crippen molar-refractivity contribution in [2.24, 2.45) is 0 Å². The lowest BCUT2D eigenvalue weighted by Gasteiger charge is -2.39. The van der Waals surface area contributed by atoms with Crippen LogP contribution in [-0.4, -0.2) is 33.8 Å². The predicted octanol–water partition coefficient (Wildman–Crippen LogP) is 6.84. The average molecular weight is 399 g/mol. The third-order valence-electron chi connectivity index (χ3n) is 2.49. The largest absolute Gasteiger partial charge is 0.433 e. The Balaban J connectivity index is -0.000000270. The Morgan fingerprint density at radius 1 is 0.522 bits per heavy atom. The molecule has 0 atom stereocenters. The first-order chi connectivity index (χ1) is 8.24. The van der Waals surface area contributed by atoms with Gasteiger partial charge in [-0.25, -0.2) is 0 Å². The van der Waals surface area contributed by atoms with E-state index < -0.39 is 33.8 Å². The molecule has 0 saturated heterocycles. The van der Waals surface area contributed by atoms with Gasteiger partial charge in [0.1, 0.15) is 0 Å². The second-order valence-corrected chi connectivity index (χ2v) is 22.0. The van der Waals surface area contributed by atoms with E-state index >= 15 is 0 Å². The Labute approximate surface area is 152 Å². The van der Waals surface area contributed by atoms with Crippen LogP contribution in [0.4, 0.5) is 0 Å². The minimum atomic E-state index is -2.19. The molecule has 0 spiro atoms. The van der Waals surface area contributed by atoms with E-state index in [1.165, 1.54) is 0 Å². The van der Waals surface area contributed by atoms with Crippen molar-refractivity contribution in [3.63, 3.8) is 0 Å². The summed E-state index contributed by atoms with van der Waals surface area (Å²) in [7, 11) is -8.03. The molecule has 7 heteroatoms. The molecule has 0 rings (SSSR count). The van der Waals surface area contributed by atoms with E-state index in [9.17, 15) is 0 Å². The van der Waals surface area contributed by atoms with Crippen LogP contribution in [0, 0.1) is 0 Å². The Morgan fingerprint density at radius 3 is 0.913 bits per heavy atom. The van der Waals surface area contributed by atoms with Crippen LogP contribution in [0.25, 0.3) is 0 Å². The maximum Gasteiger partial charge on any atom is 0.312 e. The van der Waals surface area contributed by atoms with Crippen LogP contribution in [0.15, 0.2) is 24.6 Å². The zero-order valence-corrected chi connectivity index (χ0v) is 17.8. The van der Waals surface area contributed by atoms with E-state index in [2.05, 4.69) is 65.5 Å². The molecule has 0 radical (unpaired) electrons. The van der Waals surface area contributed by atoms with Crippen LogP contribution >= 0.6 is 0 Å². The number of hydrogen-bond donors (Lipinski definition) is 0. The molecule has 0 aliphatic heterocycles. The van der Waals surface area contributed by atoms with Crippen molar-refractivity contribution in [3.8, 4) is 0 Å². The third-order valence-corrected chi connectivity index (χ3v) is 16.5. The van der Waals surface area contributed by atoms with Gasteiger partial charge in [0.25, 0.3) is 0 Å². The average Bonchev–Trinajstić information content (AvgIpc) is 2.12. The summed E-state index contributed by atoms with van der Waals surface area (Å²) >= 11 is 0. The summed E-state index contributed by atoms with van der Waals surface area (Å²) in [5.74, 6) is 0. The normalized spacial score (nSPS) is 11.8. The van der Waals surface area contributed by atoms with Gasteiger partial charge in [-0.05, 0) is 52.4 Å². The van der Waals surface area contributed by atoms with Crippen molar-refractivity contribution in [2.75, 3.05) is 0 Å². The molecule has 0 aliphatic carbocycles. The summed E-state index contributed by atoms with van der Waals surface area (Å²) in [6.45, 7) is 24.6. The van der Waals surface area contributed by atoms with Crippen LogP contribution in [0.3, 0.4) is 0 Å². The fourth-order valence-electron chi connectivity index (χ4n) is 1.98. The first-order valence-electron chi connectivity index (χ1n) is 6.62. The summed E-state index contributed by atoms with van der Waals surface area (Å²) in [5, 5.41) is 0. The van der Waals surface area contributed by atoms with E-state index in [-0.39, 0.29) is 29.7 Å². The second kappa shape index (κ2) is 11.7. The van der Waals surface area contributed by atoms with Crippen molar-refractivity contribution in [2.45, 2.75) is 82.1 Å². The molecule has 3 nitrogen and oxygen atoms in total.